The first-order valence-electron chi connectivity index (χ1n) is 8.39. The van der Waals surface area contributed by atoms with E-state index >= 15 is 0 Å². The second-order valence-electron chi connectivity index (χ2n) is 6.75. The summed E-state index contributed by atoms with van der Waals surface area (Å²) in [5.41, 5.74) is -0.401. The van der Waals surface area contributed by atoms with E-state index in [4.69, 9.17) is 5.11 Å². The van der Waals surface area contributed by atoms with Gasteiger partial charge in [0, 0.05) is 38.1 Å². The van der Waals surface area contributed by atoms with Gasteiger partial charge in [-0.3, -0.25) is 14.5 Å². The molecular formula is C15H27N3O5S. The van der Waals surface area contributed by atoms with Crippen LogP contribution in [0.5, 0.6) is 0 Å². The molecule has 2 aliphatic rings. The van der Waals surface area contributed by atoms with Crippen molar-refractivity contribution < 1.29 is 23.1 Å². The summed E-state index contributed by atoms with van der Waals surface area (Å²) in [5, 5.41) is 8.95. The number of nitrogens with zero attached hydrogens (tertiary/aromatic N) is 3. The maximum absolute atomic E-state index is 12.4. The summed E-state index contributed by atoms with van der Waals surface area (Å²) in [6.07, 6.45) is 1.96. The fraction of sp³-hybridized carbons (Fsp3) is 0.867. The number of aliphatic carboxylic acids is 1. The Morgan fingerprint density at radius 3 is 2.58 bits per heavy atom. The molecule has 0 aromatic carbocycles. The Morgan fingerprint density at radius 2 is 1.96 bits per heavy atom. The zero-order valence-electron chi connectivity index (χ0n) is 14.4. The van der Waals surface area contributed by atoms with E-state index in [1.807, 2.05) is 14.0 Å². The smallest absolute Gasteiger partial charge is 0.323 e. The van der Waals surface area contributed by atoms with Crippen LogP contribution in [0.25, 0.3) is 0 Å². The van der Waals surface area contributed by atoms with Crippen LogP contribution in [0.3, 0.4) is 0 Å². The number of carboxylic acids is 1. The molecule has 1 spiro atoms. The van der Waals surface area contributed by atoms with Gasteiger partial charge in [-0.1, -0.05) is 6.92 Å². The molecule has 9 heteroatoms. The quantitative estimate of drug-likeness (QED) is 0.729. The Balaban J connectivity index is 2.17. The average molecular weight is 361 g/mol. The minimum atomic E-state index is -3.28. The van der Waals surface area contributed by atoms with Crippen molar-refractivity contribution in [3.63, 3.8) is 0 Å². The van der Waals surface area contributed by atoms with Gasteiger partial charge in [0.25, 0.3) is 0 Å². The first kappa shape index (κ1) is 19.1. The number of rotatable bonds is 5. The molecule has 1 atom stereocenters. The zero-order chi connectivity index (χ0) is 18.0. The van der Waals surface area contributed by atoms with E-state index in [-0.39, 0.29) is 24.6 Å². The molecule has 1 N–H and O–H groups in total. The molecule has 0 bridgehead atoms. The second kappa shape index (κ2) is 7.37. The molecule has 2 aliphatic heterocycles. The van der Waals surface area contributed by atoms with Crippen molar-refractivity contribution in [2.45, 2.75) is 38.1 Å². The Morgan fingerprint density at radius 1 is 1.25 bits per heavy atom. The highest BCUT2D eigenvalue weighted by atomic mass is 32.2. The molecule has 2 fully saturated rings. The van der Waals surface area contributed by atoms with Crippen LogP contribution in [-0.2, 0) is 19.6 Å². The van der Waals surface area contributed by atoms with Gasteiger partial charge < -0.3 is 10.0 Å². The molecular weight excluding hydrogens is 334 g/mol. The van der Waals surface area contributed by atoms with Gasteiger partial charge >= 0.3 is 5.97 Å². The van der Waals surface area contributed by atoms with Crippen LogP contribution in [0.1, 0.15) is 32.6 Å². The first-order chi connectivity index (χ1) is 11.2. The third-order valence-electron chi connectivity index (χ3n) is 5.15. The van der Waals surface area contributed by atoms with Gasteiger partial charge in [0.15, 0.2) is 0 Å². The number of carbonyl (C=O) groups is 2. The molecule has 0 aromatic heterocycles. The SMILES string of the molecule is CCCS(=O)(=O)N1CCN(C)[C@]2(CCC(=O)N(CC(=O)O)CC2)C1. The molecule has 0 aromatic rings. The van der Waals surface area contributed by atoms with E-state index < -0.39 is 21.5 Å². The van der Waals surface area contributed by atoms with Gasteiger partial charge in [-0.05, 0) is 26.3 Å². The van der Waals surface area contributed by atoms with E-state index in [0.29, 0.717) is 45.4 Å². The van der Waals surface area contributed by atoms with Crippen molar-refractivity contribution in [2.24, 2.45) is 0 Å². The van der Waals surface area contributed by atoms with Crippen LogP contribution in [-0.4, -0.2) is 90.6 Å². The van der Waals surface area contributed by atoms with Gasteiger partial charge in [-0.25, -0.2) is 8.42 Å². The van der Waals surface area contributed by atoms with Crippen molar-refractivity contribution >= 4 is 21.9 Å². The number of hydrogen-bond donors (Lipinski definition) is 1. The predicted octanol–water partition coefficient (Wildman–Crippen LogP) is -0.190. The number of likely N-dealkylation sites (tertiary alicyclic amines) is 1. The van der Waals surface area contributed by atoms with E-state index in [1.54, 1.807) is 4.31 Å². The number of carboxylic acid groups (broad SMARTS) is 1. The predicted molar refractivity (Wildman–Crippen MR) is 89.1 cm³/mol. The number of piperazine rings is 1. The third kappa shape index (κ3) is 4.07. The summed E-state index contributed by atoms with van der Waals surface area (Å²) >= 11 is 0. The molecule has 1 amide bonds. The first-order valence-corrected chi connectivity index (χ1v) is 10.00. The molecule has 2 heterocycles. The van der Waals surface area contributed by atoms with Gasteiger partial charge in [-0.2, -0.15) is 4.31 Å². The Labute approximate surface area is 143 Å². The minimum absolute atomic E-state index is 0.136. The van der Waals surface area contributed by atoms with Crippen molar-refractivity contribution in [3.05, 3.63) is 0 Å². The van der Waals surface area contributed by atoms with Crippen molar-refractivity contribution in [3.8, 4) is 0 Å². The summed E-state index contributed by atoms with van der Waals surface area (Å²) in [6.45, 7) is 3.36. The molecule has 2 rings (SSSR count). The van der Waals surface area contributed by atoms with Gasteiger partial charge in [0.2, 0.25) is 15.9 Å². The standard InChI is InChI=1S/C15H27N3O5S/c1-3-10-24(22,23)18-9-8-16(2)15(12-18)5-4-13(19)17(7-6-15)11-14(20)21/h3-12H2,1-2H3,(H,20,21)/t15-/m0/s1. The minimum Gasteiger partial charge on any atom is -0.480 e. The topological polar surface area (TPSA) is 98.2 Å². The molecule has 0 radical (unpaired) electrons. The molecule has 0 saturated carbocycles. The fourth-order valence-corrected chi connectivity index (χ4v) is 5.18. The second-order valence-corrected chi connectivity index (χ2v) is 8.84. The van der Waals surface area contributed by atoms with E-state index in [1.165, 1.54) is 4.90 Å². The van der Waals surface area contributed by atoms with Crippen LogP contribution >= 0.6 is 0 Å². The summed E-state index contributed by atoms with van der Waals surface area (Å²) in [4.78, 5) is 26.6. The van der Waals surface area contributed by atoms with Crippen molar-refractivity contribution in [1.29, 1.82) is 0 Å². The third-order valence-corrected chi connectivity index (χ3v) is 7.17. The van der Waals surface area contributed by atoms with E-state index in [2.05, 4.69) is 4.90 Å². The van der Waals surface area contributed by atoms with Crippen LogP contribution in [0, 0.1) is 0 Å². The molecule has 0 aliphatic carbocycles. The van der Waals surface area contributed by atoms with Crippen LogP contribution in [0.15, 0.2) is 0 Å². The lowest BCUT2D eigenvalue weighted by Crippen LogP contribution is -2.62. The Hall–Kier alpha value is -1.19. The van der Waals surface area contributed by atoms with Gasteiger partial charge in [0.1, 0.15) is 6.54 Å². The molecule has 2 saturated heterocycles. The maximum atomic E-state index is 12.4. The molecule has 138 valence electrons. The highest BCUT2D eigenvalue weighted by molar-refractivity contribution is 7.89. The van der Waals surface area contributed by atoms with E-state index in [9.17, 15) is 18.0 Å². The molecule has 0 unspecified atom stereocenters. The lowest BCUT2D eigenvalue weighted by atomic mass is 9.87. The number of carbonyl (C=O) groups excluding carboxylic acids is 1. The zero-order valence-corrected chi connectivity index (χ0v) is 15.2. The Bertz CT molecular complexity index is 594. The highest BCUT2D eigenvalue weighted by Gasteiger charge is 2.44. The van der Waals surface area contributed by atoms with Gasteiger partial charge in [-0.15, -0.1) is 0 Å². The summed E-state index contributed by atoms with van der Waals surface area (Å²) < 4.78 is 26.4. The van der Waals surface area contributed by atoms with Gasteiger partial charge in [0.05, 0.1) is 5.75 Å². The fourth-order valence-electron chi connectivity index (χ4n) is 3.61. The Kier molecular flexibility index (Phi) is 5.87. The number of hydrogen-bond acceptors (Lipinski definition) is 5. The molecule has 24 heavy (non-hydrogen) atoms. The van der Waals surface area contributed by atoms with Crippen molar-refractivity contribution in [2.75, 3.05) is 45.5 Å². The van der Waals surface area contributed by atoms with Crippen LogP contribution in [0.2, 0.25) is 0 Å². The highest BCUT2D eigenvalue weighted by Crippen LogP contribution is 2.33. The molecule has 8 nitrogen and oxygen atoms in total. The lowest BCUT2D eigenvalue weighted by molar-refractivity contribution is -0.144. The van der Waals surface area contributed by atoms with E-state index in [0.717, 1.165) is 0 Å². The largest absolute Gasteiger partial charge is 0.480 e. The summed E-state index contributed by atoms with van der Waals surface area (Å²) in [7, 11) is -1.32. The average Bonchev–Trinajstić information content (AvgIpc) is 2.64. The lowest BCUT2D eigenvalue weighted by Gasteiger charge is -2.48. The summed E-state index contributed by atoms with van der Waals surface area (Å²) in [6, 6.07) is 0. The normalized spacial score (nSPS) is 27.4. The number of sulfonamides is 1. The van der Waals surface area contributed by atoms with Crippen molar-refractivity contribution in [1.82, 2.24) is 14.1 Å². The number of amides is 1. The maximum Gasteiger partial charge on any atom is 0.323 e. The van der Waals surface area contributed by atoms with Crippen LogP contribution in [0.4, 0.5) is 0 Å². The summed E-state index contributed by atoms with van der Waals surface area (Å²) in [5.74, 6) is -1.06. The number of likely N-dealkylation sites (N-methyl/N-ethyl adjacent to an activating group) is 1. The van der Waals surface area contributed by atoms with Crippen LogP contribution < -0.4 is 0 Å². The monoisotopic (exact) mass is 361 g/mol.